The van der Waals surface area contributed by atoms with Gasteiger partial charge in [-0.15, -0.1) is 0 Å². The van der Waals surface area contributed by atoms with Gasteiger partial charge in [-0.2, -0.15) is 0 Å². The Labute approximate surface area is 195 Å². The number of aliphatic hydroxyl groups is 1. The molecule has 1 saturated carbocycles. The molecule has 0 bridgehead atoms. The molecular weight excluding hydrogens is 426 g/mol. The largest absolute Gasteiger partial charge is 0.493 e. The number of carbonyl (C=O) groups excluding carboxylic acids is 1. The van der Waals surface area contributed by atoms with Crippen molar-refractivity contribution in [2.75, 3.05) is 34.5 Å². The number of benzene rings is 1. The van der Waals surface area contributed by atoms with Gasteiger partial charge in [0.2, 0.25) is 11.7 Å². The molecule has 8 heteroatoms. The number of rotatable bonds is 9. The number of aliphatic carboxylic acids is 1. The van der Waals surface area contributed by atoms with Gasteiger partial charge in [0.05, 0.1) is 27.2 Å². The van der Waals surface area contributed by atoms with E-state index >= 15 is 0 Å². The summed E-state index contributed by atoms with van der Waals surface area (Å²) in [7, 11) is 4.62. The Morgan fingerprint density at radius 3 is 2.18 bits per heavy atom. The molecule has 8 nitrogen and oxygen atoms in total. The van der Waals surface area contributed by atoms with E-state index in [1.54, 1.807) is 14.2 Å². The van der Waals surface area contributed by atoms with E-state index in [1.165, 1.54) is 12.0 Å². The maximum absolute atomic E-state index is 14.2. The highest BCUT2D eigenvalue weighted by molar-refractivity contribution is 5.91. The molecule has 33 heavy (non-hydrogen) atoms. The number of aliphatic hydroxyl groups excluding tert-OH is 1. The second kappa shape index (κ2) is 11.1. The molecule has 1 aromatic rings. The van der Waals surface area contributed by atoms with Crippen LogP contribution in [0.2, 0.25) is 0 Å². The maximum atomic E-state index is 14.2. The Bertz CT molecular complexity index is 807. The van der Waals surface area contributed by atoms with E-state index < -0.39 is 17.4 Å². The first-order chi connectivity index (χ1) is 15.9. The van der Waals surface area contributed by atoms with E-state index in [9.17, 15) is 19.8 Å². The Hall–Kier alpha value is -2.48. The number of ether oxygens (including phenoxy) is 3. The van der Waals surface area contributed by atoms with Crippen LogP contribution in [0.15, 0.2) is 12.1 Å². The van der Waals surface area contributed by atoms with Crippen molar-refractivity contribution in [3.05, 3.63) is 17.7 Å². The number of likely N-dealkylation sites (tertiary alicyclic amines) is 1. The predicted molar refractivity (Wildman–Crippen MR) is 123 cm³/mol. The minimum Gasteiger partial charge on any atom is -0.493 e. The summed E-state index contributed by atoms with van der Waals surface area (Å²) < 4.78 is 16.5. The van der Waals surface area contributed by atoms with Gasteiger partial charge in [0, 0.05) is 19.6 Å². The molecule has 1 aromatic carbocycles. The van der Waals surface area contributed by atoms with Crippen LogP contribution in [0.25, 0.3) is 0 Å². The lowest BCUT2D eigenvalue weighted by Gasteiger charge is -2.46. The highest BCUT2D eigenvalue weighted by atomic mass is 16.5. The van der Waals surface area contributed by atoms with Gasteiger partial charge in [-0.05, 0) is 55.7 Å². The monoisotopic (exact) mass is 463 g/mol. The maximum Gasteiger partial charge on any atom is 0.329 e. The average Bonchev–Trinajstić information content (AvgIpc) is 2.84. The quantitative estimate of drug-likeness (QED) is 0.576. The number of hydrogen-bond donors (Lipinski definition) is 2. The minimum atomic E-state index is -1.38. The zero-order chi connectivity index (χ0) is 24.0. The molecule has 1 heterocycles. The topological polar surface area (TPSA) is 106 Å². The van der Waals surface area contributed by atoms with Crippen molar-refractivity contribution < 1.29 is 34.0 Å². The summed E-state index contributed by atoms with van der Waals surface area (Å²) in [6, 6.07) is 3.63. The molecule has 1 amide bonds. The average molecular weight is 464 g/mol. The van der Waals surface area contributed by atoms with Gasteiger partial charge < -0.3 is 29.3 Å². The Morgan fingerprint density at radius 2 is 1.67 bits per heavy atom. The SMILES string of the molecule is COc1cc([C@@H](C(=O)N2CCCC[C@]2(CCO)C(=O)O)C2CCCCC2)cc(OC)c1OC. The van der Waals surface area contributed by atoms with E-state index in [-0.39, 0.29) is 24.9 Å². The van der Waals surface area contributed by atoms with Crippen molar-refractivity contribution in [3.8, 4) is 17.2 Å². The third-order valence-corrected chi connectivity index (χ3v) is 7.36. The van der Waals surface area contributed by atoms with E-state index in [1.807, 2.05) is 12.1 Å². The minimum absolute atomic E-state index is 0.0285. The van der Waals surface area contributed by atoms with E-state index in [0.717, 1.165) is 44.1 Å². The van der Waals surface area contributed by atoms with Crippen LogP contribution >= 0.6 is 0 Å². The summed E-state index contributed by atoms with van der Waals surface area (Å²) in [5.74, 6) is -0.260. The molecule has 0 spiro atoms. The molecule has 0 radical (unpaired) electrons. The number of methoxy groups -OCH3 is 3. The molecule has 1 aliphatic heterocycles. The molecule has 2 fully saturated rings. The van der Waals surface area contributed by atoms with Crippen LogP contribution in [-0.2, 0) is 9.59 Å². The smallest absolute Gasteiger partial charge is 0.329 e. The van der Waals surface area contributed by atoms with Crippen molar-refractivity contribution in [2.45, 2.75) is 69.2 Å². The van der Waals surface area contributed by atoms with E-state index in [0.29, 0.717) is 36.6 Å². The van der Waals surface area contributed by atoms with Gasteiger partial charge in [0.25, 0.3) is 0 Å². The number of carboxylic acids is 1. The fourth-order valence-electron chi connectivity index (χ4n) is 5.66. The van der Waals surface area contributed by atoms with Crippen LogP contribution in [-0.4, -0.2) is 67.0 Å². The lowest BCUT2D eigenvalue weighted by Crippen LogP contribution is -2.61. The molecule has 2 aliphatic rings. The zero-order valence-corrected chi connectivity index (χ0v) is 20.0. The third-order valence-electron chi connectivity index (χ3n) is 7.36. The first kappa shape index (κ1) is 25.1. The van der Waals surface area contributed by atoms with Crippen molar-refractivity contribution in [3.63, 3.8) is 0 Å². The van der Waals surface area contributed by atoms with Crippen LogP contribution in [0, 0.1) is 5.92 Å². The van der Waals surface area contributed by atoms with Gasteiger partial charge in [-0.3, -0.25) is 4.79 Å². The molecule has 2 atom stereocenters. The van der Waals surface area contributed by atoms with Crippen molar-refractivity contribution in [1.29, 1.82) is 0 Å². The molecule has 2 N–H and O–H groups in total. The van der Waals surface area contributed by atoms with Crippen molar-refractivity contribution in [1.82, 2.24) is 4.90 Å². The van der Waals surface area contributed by atoms with Crippen molar-refractivity contribution in [2.24, 2.45) is 5.92 Å². The Morgan fingerprint density at radius 1 is 1.03 bits per heavy atom. The fourth-order valence-corrected chi connectivity index (χ4v) is 5.66. The number of carbonyl (C=O) groups is 2. The van der Waals surface area contributed by atoms with Crippen LogP contribution in [0.5, 0.6) is 17.2 Å². The molecule has 1 aliphatic carbocycles. The second-order valence-electron chi connectivity index (χ2n) is 9.09. The number of amides is 1. The molecule has 1 saturated heterocycles. The molecule has 0 unspecified atom stereocenters. The predicted octanol–water partition coefficient (Wildman–Crippen LogP) is 3.59. The Kier molecular flexibility index (Phi) is 8.46. The molecule has 0 aromatic heterocycles. The molecular formula is C25H37NO7. The van der Waals surface area contributed by atoms with Crippen LogP contribution in [0.3, 0.4) is 0 Å². The zero-order valence-electron chi connectivity index (χ0n) is 20.0. The van der Waals surface area contributed by atoms with Crippen LogP contribution in [0.4, 0.5) is 0 Å². The first-order valence-corrected chi connectivity index (χ1v) is 11.9. The van der Waals surface area contributed by atoms with Crippen molar-refractivity contribution >= 4 is 11.9 Å². The summed E-state index contributed by atoms with van der Waals surface area (Å²) in [6.45, 7) is 0.0904. The normalized spacial score (nSPS) is 22.5. The third kappa shape index (κ3) is 4.90. The lowest BCUT2D eigenvalue weighted by molar-refractivity contribution is -0.165. The number of nitrogens with zero attached hydrogens (tertiary/aromatic N) is 1. The molecule has 184 valence electrons. The summed E-state index contributed by atoms with van der Waals surface area (Å²) >= 11 is 0. The van der Waals surface area contributed by atoms with Gasteiger partial charge in [0.1, 0.15) is 5.54 Å². The first-order valence-electron chi connectivity index (χ1n) is 11.9. The van der Waals surface area contributed by atoms with Gasteiger partial charge in [0.15, 0.2) is 11.5 Å². The number of piperidine rings is 1. The lowest BCUT2D eigenvalue weighted by atomic mass is 9.74. The second-order valence-corrected chi connectivity index (χ2v) is 9.09. The van der Waals surface area contributed by atoms with Gasteiger partial charge >= 0.3 is 5.97 Å². The molecule has 3 rings (SSSR count). The highest BCUT2D eigenvalue weighted by Crippen LogP contribution is 2.46. The highest BCUT2D eigenvalue weighted by Gasteiger charge is 2.50. The van der Waals surface area contributed by atoms with Crippen LogP contribution in [0.1, 0.15) is 69.3 Å². The standard InChI is InChI=1S/C25H37NO7/c1-31-19-15-18(16-20(32-2)22(19)33-3)21(17-9-5-4-6-10-17)23(28)26-13-8-7-11-25(26,12-14-27)24(29)30/h15-17,21,27H,4-14H2,1-3H3,(H,29,30)/t21-,25-/m0/s1. The van der Waals surface area contributed by atoms with E-state index in [2.05, 4.69) is 0 Å². The van der Waals surface area contributed by atoms with Gasteiger partial charge in [-0.25, -0.2) is 4.79 Å². The Balaban J connectivity index is 2.11. The summed E-state index contributed by atoms with van der Waals surface area (Å²) in [5, 5.41) is 19.9. The number of carboxylic acid groups (broad SMARTS) is 1. The van der Waals surface area contributed by atoms with E-state index in [4.69, 9.17) is 14.2 Å². The number of hydrogen-bond acceptors (Lipinski definition) is 6. The summed E-state index contributed by atoms with van der Waals surface area (Å²) in [5.41, 5.74) is -0.632. The summed E-state index contributed by atoms with van der Waals surface area (Å²) in [4.78, 5) is 28.2. The van der Waals surface area contributed by atoms with Gasteiger partial charge in [-0.1, -0.05) is 19.3 Å². The fraction of sp³-hybridized carbons (Fsp3) is 0.680. The summed E-state index contributed by atoms with van der Waals surface area (Å²) in [6.07, 6.45) is 6.87. The van der Waals surface area contributed by atoms with Crippen LogP contribution < -0.4 is 14.2 Å².